The van der Waals surface area contributed by atoms with Crippen molar-refractivity contribution in [1.29, 1.82) is 0 Å². The topological polar surface area (TPSA) is 74.5 Å². The molecule has 7 nitrogen and oxygen atoms in total. The normalized spacial score (nSPS) is 13.8. The number of oxazole rings is 1. The Hall–Kier alpha value is -2.93. The molecule has 0 spiro atoms. The van der Waals surface area contributed by atoms with Gasteiger partial charge in [0.25, 0.3) is 0 Å². The summed E-state index contributed by atoms with van der Waals surface area (Å²) in [5, 5.41) is 3.00. The Morgan fingerprint density at radius 1 is 1.25 bits per heavy atom. The second kappa shape index (κ2) is 7.98. The molecule has 1 aliphatic rings. The Bertz CT molecular complexity index is 950. The molecule has 0 aliphatic heterocycles. The summed E-state index contributed by atoms with van der Waals surface area (Å²) in [6.45, 7) is 1.90. The molecular formula is C21H25N5O2. The van der Waals surface area contributed by atoms with E-state index in [0.29, 0.717) is 24.7 Å². The minimum absolute atomic E-state index is 0.143. The van der Waals surface area contributed by atoms with Crippen LogP contribution < -0.4 is 5.32 Å². The fraction of sp³-hybridized carbons (Fsp3) is 0.381. The van der Waals surface area contributed by atoms with Gasteiger partial charge >= 0.3 is 6.03 Å². The standard InChI is InChI=1S/C21H25N5O2/c1-25(2)10-11-26(14-15-4-3-9-22-13-15)21(27)23-17-7-8-19-18(12-17)24-20(28-19)16-5-6-16/h3-4,7-9,12-13,16H,5-6,10-11,14H2,1-2H3,(H,23,27). The van der Waals surface area contributed by atoms with E-state index >= 15 is 0 Å². The number of nitrogens with zero attached hydrogens (tertiary/aromatic N) is 4. The van der Waals surface area contributed by atoms with Crippen molar-refractivity contribution in [3.63, 3.8) is 0 Å². The van der Waals surface area contributed by atoms with E-state index in [4.69, 9.17) is 4.42 Å². The van der Waals surface area contributed by atoms with Crippen LogP contribution in [0.25, 0.3) is 11.1 Å². The molecule has 1 aromatic carbocycles. The number of carbonyl (C=O) groups is 1. The highest BCUT2D eigenvalue weighted by Crippen LogP contribution is 2.40. The molecule has 2 amide bonds. The van der Waals surface area contributed by atoms with E-state index < -0.39 is 0 Å². The minimum Gasteiger partial charge on any atom is -0.440 e. The van der Waals surface area contributed by atoms with Crippen LogP contribution in [0.15, 0.2) is 47.1 Å². The van der Waals surface area contributed by atoms with E-state index in [-0.39, 0.29) is 6.03 Å². The van der Waals surface area contributed by atoms with Crippen LogP contribution >= 0.6 is 0 Å². The number of nitrogens with one attached hydrogen (secondary N) is 1. The lowest BCUT2D eigenvalue weighted by molar-refractivity contribution is 0.202. The van der Waals surface area contributed by atoms with Gasteiger partial charge in [0.05, 0.1) is 0 Å². The first-order valence-electron chi connectivity index (χ1n) is 9.58. The first-order valence-corrected chi connectivity index (χ1v) is 9.58. The summed E-state index contributed by atoms with van der Waals surface area (Å²) >= 11 is 0. The zero-order valence-corrected chi connectivity index (χ0v) is 16.3. The molecular weight excluding hydrogens is 354 g/mol. The Kier molecular flexibility index (Phi) is 5.25. The van der Waals surface area contributed by atoms with Gasteiger partial charge in [-0.3, -0.25) is 4.98 Å². The smallest absolute Gasteiger partial charge is 0.322 e. The van der Waals surface area contributed by atoms with E-state index in [1.807, 2.05) is 44.4 Å². The third-order valence-corrected chi connectivity index (χ3v) is 4.78. The molecule has 2 heterocycles. The van der Waals surface area contributed by atoms with Crippen molar-refractivity contribution in [2.45, 2.75) is 25.3 Å². The molecule has 0 atom stereocenters. The predicted octanol–water partition coefficient (Wildman–Crippen LogP) is 3.70. The van der Waals surface area contributed by atoms with Crippen molar-refractivity contribution < 1.29 is 9.21 Å². The Morgan fingerprint density at radius 2 is 2.11 bits per heavy atom. The first kappa shape index (κ1) is 18.4. The Labute approximate surface area is 164 Å². The van der Waals surface area contributed by atoms with Gasteiger partial charge in [-0.1, -0.05) is 6.07 Å². The van der Waals surface area contributed by atoms with Gasteiger partial charge in [-0.15, -0.1) is 0 Å². The maximum Gasteiger partial charge on any atom is 0.322 e. The summed E-state index contributed by atoms with van der Waals surface area (Å²) in [6.07, 6.45) is 5.81. The average molecular weight is 379 g/mol. The summed E-state index contributed by atoms with van der Waals surface area (Å²) in [6, 6.07) is 9.32. The number of fused-ring (bicyclic) bond motifs is 1. The van der Waals surface area contributed by atoms with E-state index in [9.17, 15) is 4.79 Å². The van der Waals surface area contributed by atoms with Crippen LogP contribution in [0.4, 0.5) is 10.5 Å². The van der Waals surface area contributed by atoms with Crippen LogP contribution in [-0.2, 0) is 6.54 Å². The third-order valence-electron chi connectivity index (χ3n) is 4.78. The number of anilines is 1. The van der Waals surface area contributed by atoms with Crippen molar-refractivity contribution in [1.82, 2.24) is 19.8 Å². The SMILES string of the molecule is CN(C)CCN(Cc1cccnc1)C(=O)Nc1ccc2oc(C3CC3)nc2c1. The maximum absolute atomic E-state index is 12.9. The molecule has 1 N–H and O–H groups in total. The summed E-state index contributed by atoms with van der Waals surface area (Å²) in [5.74, 6) is 1.27. The number of benzene rings is 1. The van der Waals surface area contributed by atoms with Crippen molar-refractivity contribution >= 4 is 22.8 Å². The molecule has 7 heteroatoms. The average Bonchev–Trinajstić information content (AvgIpc) is 3.45. The predicted molar refractivity (Wildman–Crippen MR) is 108 cm³/mol. The second-order valence-electron chi connectivity index (χ2n) is 7.53. The van der Waals surface area contributed by atoms with Gasteiger partial charge in [-0.05, 0) is 56.8 Å². The van der Waals surface area contributed by atoms with Crippen LogP contribution in [0.3, 0.4) is 0 Å². The second-order valence-corrected chi connectivity index (χ2v) is 7.53. The lowest BCUT2D eigenvalue weighted by atomic mass is 10.2. The minimum atomic E-state index is -0.143. The number of carbonyl (C=O) groups excluding carboxylic acids is 1. The fourth-order valence-corrected chi connectivity index (χ4v) is 3.02. The summed E-state index contributed by atoms with van der Waals surface area (Å²) in [4.78, 5) is 25.5. The first-order chi connectivity index (χ1) is 13.6. The highest BCUT2D eigenvalue weighted by atomic mass is 16.3. The Morgan fingerprint density at radius 3 is 2.82 bits per heavy atom. The van der Waals surface area contributed by atoms with Crippen LogP contribution in [0.2, 0.25) is 0 Å². The quantitative estimate of drug-likeness (QED) is 0.678. The number of likely N-dealkylation sites (N-methyl/N-ethyl adjacent to an activating group) is 1. The summed E-state index contributed by atoms with van der Waals surface area (Å²) < 4.78 is 5.80. The largest absolute Gasteiger partial charge is 0.440 e. The molecule has 3 aromatic rings. The third kappa shape index (κ3) is 4.48. The molecule has 28 heavy (non-hydrogen) atoms. The van der Waals surface area contributed by atoms with Gasteiger partial charge in [0.1, 0.15) is 5.52 Å². The molecule has 0 saturated heterocycles. The highest BCUT2D eigenvalue weighted by molar-refractivity contribution is 5.91. The van der Waals surface area contributed by atoms with Crippen LogP contribution in [0, 0.1) is 0 Å². The zero-order valence-electron chi connectivity index (χ0n) is 16.3. The zero-order chi connectivity index (χ0) is 19.5. The van der Waals surface area contributed by atoms with E-state index in [0.717, 1.165) is 41.9 Å². The lowest BCUT2D eigenvalue weighted by Gasteiger charge is -2.24. The van der Waals surface area contributed by atoms with Gasteiger partial charge in [-0.2, -0.15) is 0 Å². The van der Waals surface area contributed by atoms with Crippen LogP contribution in [0.5, 0.6) is 0 Å². The molecule has 0 bridgehead atoms. The van der Waals surface area contributed by atoms with Crippen LogP contribution in [0.1, 0.15) is 30.2 Å². The number of aromatic nitrogens is 2. The van der Waals surface area contributed by atoms with E-state index in [1.165, 1.54) is 0 Å². The lowest BCUT2D eigenvalue weighted by Crippen LogP contribution is -2.39. The van der Waals surface area contributed by atoms with Gasteiger partial charge in [0.15, 0.2) is 11.5 Å². The molecule has 1 aliphatic carbocycles. The highest BCUT2D eigenvalue weighted by Gasteiger charge is 2.29. The molecule has 2 aromatic heterocycles. The molecule has 4 rings (SSSR count). The van der Waals surface area contributed by atoms with Crippen molar-refractivity contribution in [3.05, 3.63) is 54.2 Å². The van der Waals surface area contributed by atoms with Crippen LogP contribution in [-0.4, -0.2) is 53.0 Å². The van der Waals surface area contributed by atoms with E-state index in [2.05, 4.69) is 20.2 Å². The monoisotopic (exact) mass is 379 g/mol. The van der Waals surface area contributed by atoms with Gasteiger partial charge in [0.2, 0.25) is 0 Å². The number of hydrogen-bond acceptors (Lipinski definition) is 5. The van der Waals surface area contributed by atoms with Gasteiger partial charge < -0.3 is 19.5 Å². The Balaban J connectivity index is 1.48. The molecule has 0 radical (unpaired) electrons. The molecule has 146 valence electrons. The van der Waals surface area contributed by atoms with E-state index in [1.54, 1.807) is 17.3 Å². The van der Waals surface area contributed by atoms with Crippen molar-refractivity contribution in [2.75, 3.05) is 32.5 Å². The number of hydrogen-bond donors (Lipinski definition) is 1. The van der Waals surface area contributed by atoms with Gasteiger partial charge in [-0.25, -0.2) is 9.78 Å². The number of amides is 2. The summed E-state index contributed by atoms with van der Waals surface area (Å²) in [5.41, 5.74) is 3.26. The maximum atomic E-state index is 12.9. The number of pyridine rings is 1. The van der Waals surface area contributed by atoms with Crippen molar-refractivity contribution in [2.24, 2.45) is 0 Å². The number of urea groups is 1. The molecule has 1 fully saturated rings. The number of rotatable bonds is 7. The molecule has 1 saturated carbocycles. The summed E-state index contributed by atoms with van der Waals surface area (Å²) in [7, 11) is 3.99. The fourth-order valence-electron chi connectivity index (χ4n) is 3.02. The molecule has 0 unspecified atom stereocenters. The van der Waals surface area contributed by atoms with Gasteiger partial charge in [0, 0.05) is 43.6 Å². The van der Waals surface area contributed by atoms with Crippen molar-refractivity contribution in [3.8, 4) is 0 Å².